The third-order valence-electron chi connectivity index (χ3n) is 1.64. The molecule has 0 aliphatic heterocycles. The fourth-order valence-electron chi connectivity index (χ4n) is 0.914. The highest BCUT2D eigenvalue weighted by molar-refractivity contribution is 6.34. The van der Waals surface area contributed by atoms with E-state index in [9.17, 15) is 4.79 Å². The minimum absolute atomic E-state index is 0.281. The third-order valence-corrected chi connectivity index (χ3v) is 1.96. The summed E-state index contributed by atoms with van der Waals surface area (Å²) < 4.78 is 0. The van der Waals surface area contributed by atoms with E-state index in [2.05, 4.69) is 5.32 Å². The van der Waals surface area contributed by atoms with Crippen molar-refractivity contribution < 1.29 is 4.79 Å². The molecule has 0 fully saturated rings. The lowest BCUT2D eigenvalue weighted by atomic mass is 10.1. The Hall–Kier alpha value is -1.42. The summed E-state index contributed by atoms with van der Waals surface area (Å²) in [5.74, 6) is -0.281. The number of nitrogens with one attached hydrogen (secondary N) is 1. The normalized spacial score (nSPS) is 9.69. The lowest BCUT2D eigenvalue weighted by Gasteiger charge is -2.06. The Morgan fingerprint density at radius 3 is 2.46 bits per heavy atom. The average Bonchev–Trinajstić information content (AvgIpc) is 2.10. The number of hydrogen-bond donors (Lipinski definition) is 3. The first kappa shape index (κ1) is 9.67. The number of halogens is 1. The maximum absolute atomic E-state index is 11.2. The summed E-state index contributed by atoms with van der Waals surface area (Å²) in [6.07, 6.45) is 0. The molecule has 1 amide bonds. The largest absolute Gasteiger partial charge is 0.397 e. The summed E-state index contributed by atoms with van der Waals surface area (Å²) in [5.41, 5.74) is 12.1. The van der Waals surface area contributed by atoms with Crippen LogP contribution in [-0.4, -0.2) is 13.0 Å². The van der Waals surface area contributed by atoms with E-state index in [0.717, 1.165) is 0 Å². The molecule has 0 unspecified atom stereocenters. The van der Waals surface area contributed by atoms with Crippen LogP contribution in [0.15, 0.2) is 12.1 Å². The minimum Gasteiger partial charge on any atom is -0.397 e. The highest BCUT2D eigenvalue weighted by Crippen LogP contribution is 2.24. The van der Waals surface area contributed by atoms with Crippen LogP contribution in [0.1, 0.15) is 10.4 Å². The molecule has 0 aromatic heterocycles. The van der Waals surface area contributed by atoms with Crippen molar-refractivity contribution in [2.75, 3.05) is 18.5 Å². The summed E-state index contributed by atoms with van der Waals surface area (Å²) in [6, 6.07) is 2.91. The number of carbonyl (C=O) groups excluding carboxylic acids is 1. The van der Waals surface area contributed by atoms with Crippen LogP contribution in [0, 0.1) is 0 Å². The van der Waals surface area contributed by atoms with Crippen LogP contribution in [0.5, 0.6) is 0 Å². The molecule has 1 aromatic rings. The van der Waals surface area contributed by atoms with Gasteiger partial charge in [0.15, 0.2) is 0 Å². The molecule has 1 rings (SSSR count). The molecule has 70 valence electrons. The second-order valence-electron chi connectivity index (χ2n) is 2.54. The fourth-order valence-corrected chi connectivity index (χ4v) is 1.17. The summed E-state index contributed by atoms with van der Waals surface area (Å²) >= 11 is 5.78. The van der Waals surface area contributed by atoms with Crippen molar-refractivity contribution in [1.82, 2.24) is 5.32 Å². The Bertz CT molecular complexity index is 351. The van der Waals surface area contributed by atoms with Gasteiger partial charge in [-0.25, -0.2) is 0 Å². The van der Waals surface area contributed by atoms with Crippen LogP contribution in [-0.2, 0) is 0 Å². The second-order valence-corrected chi connectivity index (χ2v) is 2.95. The Kier molecular flexibility index (Phi) is 2.63. The number of carbonyl (C=O) groups is 1. The monoisotopic (exact) mass is 199 g/mol. The third kappa shape index (κ3) is 1.84. The van der Waals surface area contributed by atoms with Crippen molar-refractivity contribution >= 4 is 28.9 Å². The second kappa shape index (κ2) is 3.53. The zero-order chi connectivity index (χ0) is 10.0. The van der Waals surface area contributed by atoms with E-state index in [0.29, 0.717) is 22.0 Å². The molecule has 0 aliphatic carbocycles. The molecule has 0 heterocycles. The smallest absolute Gasteiger partial charge is 0.252 e. The van der Waals surface area contributed by atoms with Crippen molar-refractivity contribution in [1.29, 1.82) is 0 Å². The Morgan fingerprint density at radius 2 is 1.92 bits per heavy atom. The number of anilines is 2. The first-order valence-corrected chi connectivity index (χ1v) is 4.00. The van der Waals surface area contributed by atoms with Gasteiger partial charge in [-0.3, -0.25) is 4.79 Å². The SMILES string of the molecule is CNC(=O)c1cc(N)c(N)cc1Cl. The first-order valence-electron chi connectivity index (χ1n) is 3.63. The van der Waals surface area contributed by atoms with Crippen molar-refractivity contribution in [2.24, 2.45) is 0 Å². The molecule has 0 saturated heterocycles. The molecular formula is C8H10ClN3O. The Balaban J connectivity index is 3.23. The molecule has 0 radical (unpaired) electrons. The van der Waals surface area contributed by atoms with Crippen LogP contribution in [0.4, 0.5) is 11.4 Å². The highest BCUT2D eigenvalue weighted by Gasteiger charge is 2.10. The van der Waals surface area contributed by atoms with E-state index in [-0.39, 0.29) is 5.91 Å². The van der Waals surface area contributed by atoms with Gasteiger partial charge in [0.25, 0.3) is 5.91 Å². The van der Waals surface area contributed by atoms with E-state index < -0.39 is 0 Å². The van der Waals surface area contributed by atoms with Gasteiger partial charge in [0.05, 0.1) is 22.0 Å². The van der Waals surface area contributed by atoms with Gasteiger partial charge in [-0.15, -0.1) is 0 Å². The number of hydrogen-bond acceptors (Lipinski definition) is 3. The topological polar surface area (TPSA) is 81.1 Å². The average molecular weight is 200 g/mol. The van der Waals surface area contributed by atoms with Crippen LogP contribution >= 0.6 is 11.6 Å². The summed E-state index contributed by atoms with van der Waals surface area (Å²) in [6.45, 7) is 0. The molecule has 0 atom stereocenters. The number of benzene rings is 1. The maximum Gasteiger partial charge on any atom is 0.252 e. The lowest BCUT2D eigenvalue weighted by Crippen LogP contribution is -2.18. The van der Waals surface area contributed by atoms with Crippen molar-refractivity contribution in [3.8, 4) is 0 Å². The summed E-state index contributed by atoms with van der Waals surface area (Å²) in [5, 5.41) is 2.75. The van der Waals surface area contributed by atoms with Gasteiger partial charge >= 0.3 is 0 Å². The minimum atomic E-state index is -0.281. The van der Waals surface area contributed by atoms with Crippen molar-refractivity contribution in [3.05, 3.63) is 22.7 Å². The Labute approximate surface area is 80.9 Å². The molecular weight excluding hydrogens is 190 g/mol. The molecule has 13 heavy (non-hydrogen) atoms. The standard InChI is InChI=1S/C8H10ClN3O/c1-12-8(13)4-2-6(10)7(11)3-5(4)9/h2-3H,10-11H2,1H3,(H,12,13). The fraction of sp³-hybridized carbons (Fsp3) is 0.125. The number of amides is 1. The summed E-state index contributed by atoms with van der Waals surface area (Å²) in [4.78, 5) is 11.2. The number of rotatable bonds is 1. The Morgan fingerprint density at radius 1 is 1.38 bits per heavy atom. The molecule has 1 aromatic carbocycles. The van der Waals surface area contributed by atoms with E-state index >= 15 is 0 Å². The van der Waals surface area contributed by atoms with Gasteiger partial charge in [0.1, 0.15) is 0 Å². The van der Waals surface area contributed by atoms with Gasteiger partial charge in [-0.05, 0) is 12.1 Å². The van der Waals surface area contributed by atoms with Gasteiger partial charge in [-0.1, -0.05) is 11.6 Å². The van der Waals surface area contributed by atoms with E-state index in [1.54, 1.807) is 0 Å². The predicted octanol–water partition coefficient (Wildman–Crippen LogP) is 0.864. The van der Waals surface area contributed by atoms with Gasteiger partial charge < -0.3 is 16.8 Å². The molecule has 5 heteroatoms. The zero-order valence-electron chi connectivity index (χ0n) is 7.10. The van der Waals surface area contributed by atoms with Crippen LogP contribution < -0.4 is 16.8 Å². The maximum atomic E-state index is 11.2. The quantitative estimate of drug-likeness (QED) is 0.587. The predicted molar refractivity (Wildman–Crippen MR) is 53.7 cm³/mol. The van der Waals surface area contributed by atoms with Crippen LogP contribution in [0.3, 0.4) is 0 Å². The molecule has 4 nitrogen and oxygen atoms in total. The number of nitrogens with two attached hydrogens (primary N) is 2. The lowest BCUT2D eigenvalue weighted by molar-refractivity contribution is 0.0963. The first-order chi connectivity index (χ1) is 6.06. The summed E-state index contributed by atoms with van der Waals surface area (Å²) in [7, 11) is 1.52. The number of nitrogen functional groups attached to an aromatic ring is 2. The zero-order valence-corrected chi connectivity index (χ0v) is 7.85. The molecule has 0 saturated carbocycles. The molecule has 0 spiro atoms. The van der Waals surface area contributed by atoms with Crippen molar-refractivity contribution in [3.63, 3.8) is 0 Å². The molecule has 5 N–H and O–H groups in total. The highest BCUT2D eigenvalue weighted by atomic mass is 35.5. The van der Waals surface area contributed by atoms with Crippen LogP contribution in [0.2, 0.25) is 5.02 Å². The van der Waals surface area contributed by atoms with Crippen LogP contribution in [0.25, 0.3) is 0 Å². The van der Waals surface area contributed by atoms with Gasteiger partial charge in [0, 0.05) is 7.05 Å². The van der Waals surface area contributed by atoms with E-state index in [1.807, 2.05) is 0 Å². The molecule has 0 bridgehead atoms. The van der Waals surface area contributed by atoms with Gasteiger partial charge in [0.2, 0.25) is 0 Å². The molecule has 0 aliphatic rings. The van der Waals surface area contributed by atoms with E-state index in [4.69, 9.17) is 23.1 Å². The van der Waals surface area contributed by atoms with Crippen molar-refractivity contribution in [2.45, 2.75) is 0 Å². The van der Waals surface area contributed by atoms with Gasteiger partial charge in [-0.2, -0.15) is 0 Å². The van der Waals surface area contributed by atoms with E-state index in [1.165, 1.54) is 19.2 Å².